The van der Waals surface area contributed by atoms with Crippen LogP contribution >= 0.6 is 0 Å². The third-order valence-corrected chi connectivity index (χ3v) is 2.34. The molecule has 0 saturated carbocycles. The van der Waals surface area contributed by atoms with Crippen molar-refractivity contribution in [3.8, 4) is 11.8 Å². The molecule has 0 saturated heterocycles. The van der Waals surface area contributed by atoms with Gasteiger partial charge in [-0.15, -0.1) is 0 Å². The Kier molecular flexibility index (Phi) is 5.37. The quantitative estimate of drug-likeness (QED) is 0.884. The van der Waals surface area contributed by atoms with Crippen LogP contribution in [-0.2, 0) is 11.2 Å². The molecule has 0 spiro atoms. The zero-order chi connectivity index (χ0) is 14.3. The summed E-state index contributed by atoms with van der Waals surface area (Å²) in [5.74, 6) is 0.598. The minimum Gasteiger partial charge on any atom is -0.488 e. The van der Waals surface area contributed by atoms with E-state index in [1.54, 1.807) is 0 Å². The molecule has 0 fully saturated rings. The predicted molar refractivity (Wildman–Crippen MR) is 73.8 cm³/mol. The Bertz CT molecular complexity index is 470. The Morgan fingerprint density at radius 3 is 2.68 bits per heavy atom. The lowest BCUT2D eigenvalue weighted by Gasteiger charge is -2.23. The molecule has 1 rings (SSSR count). The lowest BCUT2D eigenvalue weighted by Crippen LogP contribution is -2.26. The molecule has 0 atom stereocenters. The van der Waals surface area contributed by atoms with Crippen molar-refractivity contribution in [1.29, 1.82) is 5.26 Å². The van der Waals surface area contributed by atoms with Gasteiger partial charge >= 0.3 is 0 Å². The number of nitriles is 1. The molecular formula is C15H20N2O2. The number of carbonyl (C=O) groups is 1. The number of benzene rings is 1. The molecule has 102 valence electrons. The summed E-state index contributed by atoms with van der Waals surface area (Å²) in [5.41, 5.74) is 0.801. The standard InChI is InChI=1S/C15H20N2O2/c1-15(2,3)19-13-7-5-4-6-12(13)9-11-17-14(18)8-10-16/h4-7H,8-9,11H2,1-3H3,(H,17,18). The van der Waals surface area contributed by atoms with Crippen LogP contribution < -0.4 is 10.1 Å². The second-order valence-electron chi connectivity index (χ2n) is 5.26. The average Bonchev–Trinajstić information content (AvgIpc) is 2.30. The third-order valence-electron chi connectivity index (χ3n) is 2.34. The number of nitrogens with zero attached hydrogens (tertiary/aromatic N) is 1. The minimum atomic E-state index is -0.250. The lowest BCUT2D eigenvalue weighted by atomic mass is 10.1. The molecule has 0 aliphatic heterocycles. The first kappa shape index (κ1) is 15.0. The fourth-order valence-electron chi connectivity index (χ4n) is 1.61. The average molecular weight is 260 g/mol. The van der Waals surface area contributed by atoms with Gasteiger partial charge in [0.1, 0.15) is 17.8 Å². The summed E-state index contributed by atoms with van der Waals surface area (Å²) in [6.07, 6.45) is 0.587. The van der Waals surface area contributed by atoms with Crippen LogP contribution in [0.25, 0.3) is 0 Å². The number of nitrogens with one attached hydrogen (secondary N) is 1. The van der Waals surface area contributed by atoms with Crippen LogP contribution in [0.3, 0.4) is 0 Å². The van der Waals surface area contributed by atoms with Crippen molar-refractivity contribution in [1.82, 2.24) is 5.32 Å². The molecule has 0 unspecified atom stereocenters. The van der Waals surface area contributed by atoms with Crippen molar-refractivity contribution in [3.63, 3.8) is 0 Å². The van der Waals surface area contributed by atoms with Crippen molar-refractivity contribution >= 4 is 5.91 Å². The molecule has 1 N–H and O–H groups in total. The predicted octanol–water partition coefficient (Wildman–Crippen LogP) is 2.44. The van der Waals surface area contributed by atoms with E-state index >= 15 is 0 Å². The van der Waals surface area contributed by atoms with Gasteiger partial charge in [-0.05, 0) is 38.8 Å². The van der Waals surface area contributed by atoms with Crippen LogP contribution in [0.2, 0.25) is 0 Å². The number of hydrogen-bond donors (Lipinski definition) is 1. The topological polar surface area (TPSA) is 62.1 Å². The van der Waals surface area contributed by atoms with Gasteiger partial charge in [0.05, 0.1) is 6.07 Å². The summed E-state index contributed by atoms with van der Waals surface area (Å²) in [6.45, 7) is 6.50. The van der Waals surface area contributed by atoms with E-state index in [-0.39, 0.29) is 17.9 Å². The number of ether oxygens (including phenoxy) is 1. The fourth-order valence-corrected chi connectivity index (χ4v) is 1.61. The van der Waals surface area contributed by atoms with Gasteiger partial charge in [-0.2, -0.15) is 5.26 Å². The van der Waals surface area contributed by atoms with Crippen LogP contribution in [0.15, 0.2) is 24.3 Å². The molecule has 19 heavy (non-hydrogen) atoms. The van der Waals surface area contributed by atoms with E-state index in [0.29, 0.717) is 13.0 Å². The molecule has 0 heterocycles. The highest BCUT2D eigenvalue weighted by Gasteiger charge is 2.14. The molecule has 1 aromatic rings. The third kappa shape index (κ3) is 5.91. The maximum atomic E-state index is 11.2. The second-order valence-corrected chi connectivity index (χ2v) is 5.26. The fraction of sp³-hybridized carbons (Fsp3) is 0.467. The summed E-state index contributed by atoms with van der Waals surface area (Å²) in [7, 11) is 0. The van der Waals surface area contributed by atoms with E-state index in [0.717, 1.165) is 11.3 Å². The molecule has 0 aromatic heterocycles. The van der Waals surface area contributed by atoms with Gasteiger partial charge in [-0.3, -0.25) is 4.79 Å². The maximum Gasteiger partial charge on any atom is 0.234 e. The largest absolute Gasteiger partial charge is 0.488 e. The summed E-state index contributed by atoms with van der Waals surface area (Å²) >= 11 is 0. The van der Waals surface area contributed by atoms with Gasteiger partial charge in [0.2, 0.25) is 5.91 Å². The molecule has 1 aromatic carbocycles. The van der Waals surface area contributed by atoms with Crippen molar-refractivity contribution < 1.29 is 9.53 Å². The van der Waals surface area contributed by atoms with Crippen LogP contribution in [0.4, 0.5) is 0 Å². The van der Waals surface area contributed by atoms with Gasteiger partial charge in [-0.1, -0.05) is 18.2 Å². The SMILES string of the molecule is CC(C)(C)Oc1ccccc1CCNC(=O)CC#N. The van der Waals surface area contributed by atoms with E-state index < -0.39 is 0 Å². The number of carbonyl (C=O) groups excluding carboxylic acids is 1. The Hall–Kier alpha value is -2.02. The first-order valence-electron chi connectivity index (χ1n) is 6.33. The lowest BCUT2D eigenvalue weighted by molar-refractivity contribution is -0.120. The molecular weight excluding hydrogens is 240 g/mol. The molecule has 0 radical (unpaired) electrons. The number of para-hydroxylation sites is 1. The second kappa shape index (κ2) is 6.79. The normalized spacial score (nSPS) is 10.6. The molecule has 4 nitrogen and oxygen atoms in total. The maximum absolute atomic E-state index is 11.2. The van der Waals surface area contributed by atoms with E-state index in [9.17, 15) is 4.79 Å². The van der Waals surface area contributed by atoms with Crippen LogP contribution in [0.1, 0.15) is 32.8 Å². The van der Waals surface area contributed by atoms with Crippen molar-refractivity contribution in [2.24, 2.45) is 0 Å². The highest BCUT2D eigenvalue weighted by Crippen LogP contribution is 2.23. The van der Waals surface area contributed by atoms with Gasteiger partial charge < -0.3 is 10.1 Å². The van der Waals surface area contributed by atoms with Gasteiger partial charge in [0.15, 0.2) is 0 Å². The zero-order valence-electron chi connectivity index (χ0n) is 11.7. The molecule has 0 bridgehead atoms. The minimum absolute atomic E-state index is 0.0971. The van der Waals surface area contributed by atoms with E-state index in [4.69, 9.17) is 10.00 Å². The highest BCUT2D eigenvalue weighted by molar-refractivity contribution is 5.77. The first-order chi connectivity index (χ1) is 8.92. The Labute approximate surface area is 114 Å². The summed E-state index contributed by atoms with van der Waals surface area (Å²) in [5, 5.41) is 11.1. The van der Waals surface area contributed by atoms with E-state index in [1.165, 1.54) is 0 Å². The molecule has 0 aliphatic carbocycles. The summed E-state index contributed by atoms with van der Waals surface area (Å²) in [4.78, 5) is 11.2. The van der Waals surface area contributed by atoms with Crippen molar-refractivity contribution in [3.05, 3.63) is 29.8 Å². The number of amides is 1. The smallest absolute Gasteiger partial charge is 0.234 e. The van der Waals surface area contributed by atoms with E-state index in [1.807, 2.05) is 51.1 Å². The monoisotopic (exact) mass is 260 g/mol. The van der Waals surface area contributed by atoms with Crippen LogP contribution in [0, 0.1) is 11.3 Å². The zero-order valence-corrected chi connectivity index (χ0v) is 11.7. The van der Waals surface area contributed by atoms with Gasteiger partial charge in [0, 0.05) is 6.54 Å². The summed E-state index contributed by atoms with van der Waals surface area (Å²) in [6, 6.07) is 9.61. The Morgan fingerprint density at radius 2 is 2.05 bits per heavy atom. The highest BCUT2D eigenvalue weighted by atomic mass is 16.5. The van der Waals surface area contributed by atoms with Gasteiger partial charge in [0.25, 0.3) is 0 Å². The molecule has 4 heteroatoms. The van der Waals surface area contributed by atoms with Gasteiger partial charge in [-0.25, -0.2) is 0 Å². The molecule has 0 aliphatic rings. The van der Waals surface area contributed by atoms with Crippen LogP contribution in [-0.4, -0.2) is 18.1 Å². The Balaban J connectivity index is 2.59. The van der Waals surface area contributed by atoms with Crippen molar-refractivity contribution in [2.75, 3.05) is 6.54 Å². The molecule has 1 amide bonds. The Morgan fingerprint density at radius 1 is 1.37 bits per heavy atom. The number of hydrogen-bond acceptors (Lipinski definition) is 3. The summed E-state index contributed by atoms with van der Waals surface area (Å²) < 4.78 is 5.87. The van der Waals surface area contributed by atoms with E-state index in [2.05, 4.69) is 5.32 Å². The first-order valence-corrected chi connectivity index (χ1v) is 6.33. The number of rotatable bonds is 5. The van der Waals surface area contributed by atoms with Crippen molar-refractivity contribution in [2.45, 2.75) is 39.2 Å². The van der Waals surface area contributed by atoms with Crippen LogP contribution in [0.5, 0.6) is 5.75 Å².